The van der Waals surface area contributed by atoms with Crippen molar-refractivity contribution in [3.63, 3.8) is 0 Å². The lowest BCUT2D eigenvalue weighted by molar-refractivity contribution is 0.0253. The van der Waals surface area contributed by atoms with E-state index in [1.54, 1.807) is 7.11 Å². The topological polar surface area (TPSA) is 38.7 Å². The van der Waals surface area contributed by atoms with Crippen molar-refractivity contribution in [2.24, 2.45) is 0 Å². The molecule has 0 aliphatic rings. The summed E-state index contributed by atoms with van der Waals surface area (Å²) in [6.07, 6.45) is 5.79. The zero-order valence-corrected chi connectivity index (χ0v) is 10.1. The maximum atomic E-state index is 9.50. The molecule has 1 aromatic carbocycles. The largest absolute Gasteiger partial charge is 0.497 e. The van der Waals surface area contributed by atoms with Gasteiger partial charge in [0.1, 0.15) is 5.75 Å². The molecule has 0 aromatic heterocycles. The molecule has 1 aromatic rings. The summed E-state index contributed by atoms with van der Waals surface area (Å²) in [7, 11) is 1.63. The van der Waals surface area contributed by atoms with Gasteiger partial charge in [-0.2, -0.15) is 0 Å². The molecule has 3 heteroatoms. The lowest BCUT2D eigenvalue weighted by atomic mass is 10.2. The minimum absolute atomic E-state index is 0.313. The maximum Gasteiger partial charge on any atom is 0.118 e. The Hall–Kier alpha value is -1.50. The Morgan fingerprint density at radius 3 is 2.65 bits per heavy atom. The van der Waals surface area contributed by atoms with Gasteiger partial charge in [0.2, 0.25) is 0 Å². The van der Waals surface area contributed by atoms with Gasteiger partial charge >= 0.3 is 0 Å². The van der Waals surface area contributed by atoms with Crippen LogP contribution in [0.25, 0.3) is 0 Å². The van der Waals surface area contributed by atoms with Crippen LogP contribution in [0.5, 0.6) is 5.75 Å². The summed E-state index contributed by atoms with van der Waals surface area (Å²) < 4.78 is 10.4. The summed E-state index contributed by atoms with van der Waals surface area (Å²) in [6, 6.07) is 7.64. The Balaban J connectivity index is 2.23. The molecule has 0 spiro atoms. The monoisotopic (exact) mass is 234 g/mol. The molecule has 3 nitrogen and oxygen atoms in total. The molecule has 0 fully saturated rings. The van der Waals surface area contributed by atoms with Crippen LogP contribution < -0.4 is 4.74 Å². The van der Waals surface area contributed by atoms with Gasteiger partial charge in [-0.1, -0.05) is 12.1 Å². The molecule has 0 amide bonds. The molecular formula is C14H18O3. The van der Waals surface area contributed by atoms with Crippen molar-refractivity contribution >= 4 is 0 Å². The van der Waals surface area contributed by atoms with Crippen molar-refractivity contribution in [3.05, 3.63) is 29.8 Å². The van der Waals surface area contributed by atoms with E-state index in [0.29, 0.717) is 26.1 Å². The molecule has 1 unspecified atom stereocenters. The molecular weight excluding hydrogens is 216 g/mol. The third kappa shape index (κ3) is 5.39. The van der Waals surface area contributed by atoms with Gasteiger partial charge < -0.3 is 14.6 Å². The van der Waals surface area contributed by atoms with Crippen LogP contribution in [0.15, 0.2) is 24.3 Å². The first-order valence-corrected chi connectivity index (χ1v) is 5.58. The second kappa shape index (κ2) is 7.72. The Morgan fingerprint density at radius 2 is 2.06 bits per heavy atom. The number of hydrogen-bond donors (Lipinski definition) is 1. The summed E-state index contributed by atoms with van der Waals surface area (Å²) in [6.45, 7) is 0.796. The van der Waals surface area contributed by atoms with Gasteiger partial charge in [-0.05, 0) is 24.1 Å². The van der Waals surface area contributed by atoms with Gasteiger partial charge in [-0.15, -0.1) is 12.3 Å². The third-order valence-electron chi connectivity index (χ3n) is 2.36. The zero-order valence-electron chi connectivity index (χ0n) is 10.1. The number of rotatable bonds is 7. The summed E-state index contributed by atoms with van der Waals surface area (Å²) in [5.41, 5.74) is 1.05. The van der Waals surface area contributed by atoms with Crippen molar-refractivity contribution in [2.75, 3.05) is 13.7 Å². The summed E-state index contributed by atoms with van der Waals surface area (Å²) in [5.74, 6) is 3.31. The Morgan fingerprint density at radius 1 is 1.35 bits per heavy atom. The first kappa shape index (κ1) is 13.6. The predicted molar refractivity (Wildman–Crippen MR) is 66.7 cm³/mol. The average molecular weight is 234 g/mol. The molecule has 1 atom stereocenters. The van der Waals surface area contributed by atoms with Crippen molar-refractivity contribution < 1.29 is 14.6 Å². The number of terminal acetylenes is 1. The number of methoxy groups -OCH3 is 1. The van der Waals surface area contributed by atoms with Crippen LogP contribution in [0.2, 0.25) is 0 Å². The van der Waals surface area contributed by atoms with Crippen molar-refractivity contribution in [1.29, 1.82) is 0 Å². The number of aliphatic hydroxyl groups is 1. The molecule has 0 saturated heterocycles. The minimum atomic E-state index is -0.482. The van der Waals surface area contributed by atoms with Crippen molar-refractivity contribution in [3.8, 4) is 18.1 Å². The van der Waals surface area contributed by atoms with Crippen LogP contribution in [0.1, 0.15) is 18.4 Å². The summed E-state index contributed by atoms with van der Waals surface area (Å²) >= 11 is 0. The number of ether oxygens (including phenoxy) is 2. The molecule has 0 radical (unpaired) electrons. The highest BCUT2D eigenvalue weighted by atomic mass is 16.5. The van der Waals surface area contributed by atoms with Crippen LogP contribution in [0.3, 0.4) is 0 Å². The predicted octanol–water partition coefficient (Wildman–Crippen LogP) is 1.99. The zero-order chi connectivity index (χ0) is 12.5. The van der Waals surface area contributed by atoms with Crippen LogP contribution in [-0.4, -0.2) is 24.9 Å². The quantitative estimate of drug-likeness (QED) is 0.733. The molecule has 0 aliphatic heterocycles. The summed E-state index contributed by atoms with van der Waals surface area (Å²) in [4.78, 5) is 0. The Labute approximate surface area is 102 Å². The first-order chi connectivity index (χ1) is 8.26. The van der Waals surface area contributed by atoms with Gasteiger partial charge in [0, 0.05) is 6.42 Å². The molecule has 0 saturated carbocycles. The fourth-order valence-electron chi connectivity index (χ4n) is 1.37. The summed E-state index contributed by atoms with van der Waals surface area (Å²) in [5, 5.41) is 9.50. The van der Waals surface area contributed by atoms with Crippen LogP contribution in [-0.2, 0) is 11.3 Å². The van der Waals surface area contributed by atoms with E-state index >= 15 is 0 Å². The fourth-order valence-corrected chi connectivity index (χ4v) is 1.37. The molecule has 1 N–H and O–H groups in total. The number of hydrogen-bond acceptors (Lipinski definition) is 3. The van der Waals surface area contributed by atoms with E-state index in [2.05, 4.69) is 5.92 Å². The van der Waals surface area contributed by atoms with Gasteiger partial charge in [0.25, 0.3) is 0 Å². The molecule has 0 heterocycles. The molecule has 17 heavy (non-hydrogen) atoms. The van der Waals surface area contributed by atoms with Crippen LogP contribution in [0.4, 0.5) is 0 Å². The van der Waals surface area contributed by atoms with Crippen molar-refractivity contribution in [1.82, 2.24) is 0 Å². The van der Waals surface area contributed by atoms with E-state index < -0.39 is 6.10 Å². The van der Waals surface area contributed by atoms with Gasteiger partial charge in [-0.25, -0.2) is 0 Å². The van der Waals surface area contributed by atoms with Crippen LogP contribution >= 0.6 is 0 Å². The molecule has 0 bridgehead atoms. The Bertz CT molecular complexity index is 351. The normalized spacial score (nSPS) is 11.8. The lowest BCUT2D eigenvalue weighted by Crippen LogP contribution is -2.14. The third-order valence-corrected chi connectivity index (χ3v) is 2.36. The van der Waals surface area contributed by atoms with Crippen LogP contribution in [0, 0.1) is 12.3 Å². The SMILES string of the molecule is C#CCCC(O)COCc1ccc(OC)cc1. The van der Waals surface area contributed by atoms with Crippen molar-refractivity contribution in [2.45, 2.75) is 25.6 Å². The number of aliphatic hydroxyl groups excluding tert-OH is 1. The smallest absolute Gasteiger partial charge is 0.118 e. The highest BCUT2D eigenvalue weighted by Gasteiger charge is 2.03. The van der Waals surface area contributed by atoms with E-state index in [-0.39, 0.29) is 0 Å². The highest BCUT2D eigenvalue weighted by Crippen LogP contribution is 2.12. The minimum Gasteiger partial charge on any atom is -0.497 e. The van der Waals surface area contributed by atoms with Gasteiger partial charge in [0.05, 0.1) is 26.4 Å². The molecule has 0 aliphatic carbocycles. The van der Waals surface area contributed by atoms with Gasteiger partial charge in [0.15, 0.2) is 0 Å². The highest BCUT2D eigenvalue weighted by molar-refractivity contribution is 5.26. The maximum absolute atomic E-state index is 9.50. The van der Waals surface area contributed by atoms with E-state index in [9.17, 15) is 5.11 Å². The van der Waals surface area contributed by atoms with E-state index in [1.807, 2.05) is 24.3 Å². The average Bonchev–Trinajstić information content (AvgIpc) is 2.37. The number of benzene rings is 1. The van der Waals surface area contributed by atoms with E-state index in [4.69, 9.17) is 15.9 Å². The Kier molecular flexibility index (Phi) is 6.16. The first-order valence-electron chi connectivity index (χ1n) is 5.58. The molecule has 92 valence electrons. The standard InChI is InChI=1S/C14H18O3/c1-3-4-5-13(15)11-17-10-12-6-8-14(16-2)9-7-12/h1,6-9,13,15H,4-5,10-11H2,2H3. The fraction of sp³-hybridized carbons (Fsp3) is 0.429. The second-order valence-electron chi connectivity index (χ2n) is 3.76. The van der Waals surface area contributed by atoms with E-state index in [1.165, 1.54) is 0 Å². The molecule has 1 rings (SSSR count). The van der Waals surface area contributed by atoms with E-state index in [0.717, 1.165) is 11.3 Å². The lowest BCUT2D eigenvalue weighted by Gasteiger charge is -2.10. The second-order valence-corrected chi connectivity index (χ2v) is 3.76. The van der Waals surface area contributed by atoms with Gasteiger partial charge in [-0.3, -0.25) is 0 Å².